The fourth-order valence-electron chi connectivity index (χ4n) is 2.84. The van der Waals surface area contributed by atoms with Crippen molar-refractivity contribution in [1.29, 1.82) is 0 Å². The highest BCUT2D eigenvalue weighted by atomic mass is 16.6. The minimum Gasteiger partial charge on any atom is -0.360 e. The van der Waals surface area contributed by atoms with Gasteiger partial charge in [-0.2, -0.15) is 0 Å². The van der Waals surface area contributed by atoms with Crippen LogP contribution in [0.5, 0.6) is 0 Å². The third kappa shape index (κ3) is 2.19. The summed E-state index contributed by atoms with van der Waals surface area (Å²) < 4.78 is 5.42. The first kappa shape index (κ1) is 12.8. The zero-order valence-electron chi connectivity index (χ0n) is 11.3. The van der Waals surface area contributed by atoms with Gasteiger partial charge >= 0.3 is 0 Å². The van der Waals surface area contributed by atoms with E-state index in [2.05, 4.69) is 5.16 Å². The maximum absolute atomic E-state index is 11.0. The Morgan fingerprint density at radius 3 is 2.80 bits per heavy atom. The van der Waals surface area contributed by atoms with E-state index in [0.717, 1.165) is 29.7 Å². The van der Waals surface area contributed by atoms with Crippen LogP contribution in [0.1, 0.15) is 42.1 Å². The molecule has 0 N–H and O–H groups in total. The Kier molecular flexibility index (Phi) is 3.26. The number of hydrogen-bond acceptors (Lipinski definition) is 4. The quantitative estimate of drug-likeness (QED) is 0.626. The number of aromatic nitrogens is 1. The van der Waals surface area contributed by atoms with Gasteiger partial charge in [0, 0.05) is 23.6 Å². The second-order valence-corrected chi connectivity index (χ2v) is 5.39. The van der Waals surface area contributed by atoms with Gasteiger partial charge in [-0.1, -0.05) is 23.7 Å². The highest BCUT2D eigenvalue weighted by Crippen LogP contribution is 2.44. The lowest BCUT2D eigenvalue weighted by atomic mass is 9.71. The molecule has 1 aromatic heterocycles. The van der Waals surface area contributed by atoms with Crippen LogP contribution in [0.3, 0.4) is 0 Å². The molecule has 3 rings (SSSR count). The molecular formula is C15H16N2O3. The fourth-order valence-corrected chi connectivity index (χ4v) is 2.84. The number of rotatable bonds is 4. The predicted octanol–water partition coefficient (Wildman–Crippen LogP) is 3.82. The van der Waals surface area contributed by atoms with E-state index in [1.165, 1.54) is 12.5 Å². The van der Waals surface area contributed by atoms with E-state index in [-0.39, 0.29) is 16.5 Å². The van der Waals surface area contributed by atoms with Crippen molar-refractivity contribution in [3.05, 3.63) is 57.5 Å². The van der Waals surface area contributed by atoms with Crippen LogP contribution in [-0.2, 0) is 0 Å². The summed E-state index contributed by atoms with van der Waals surface area (Å²) in [6, 6.07) is 6.86. The van der Waals surface area contributed by atoms with Gasteiger partial charge in [0.25, 0.3) is 5.69 Å². The Hall–Kier alpha value is -2.17. The van der Waals surface area contributed by atoms with Crippen LogP contribution in [0, 0.1) is 23.0 Å². The summed E-state index contributed by atoms with van der Waals surface area (Å²) in [5.41, 5.74) is 2.08. The van der Waals surface area contributed by atoms with Crippen molar-refractivity contribution >= 4 is 5.69 Å². The number of non-ortho nitro benzene ring substituents is 1. The third-order valence-electron chi connectivity index (χ3n) is 4.13. The van der Waals surface area contributed by atoms with E-state index in [4.69, 9.17) is 4.52 Å². The van der Waals surface area contributed by atoms with E-state index >= 15 is 0 Å². The average Bonchev–Trinajstić information content (AvgIpc) is 2.79. The number of nitro groups is 1. The molecule has 0 bridgehead atoms. The first-order valence-electron chi connectivity index (χ1n) is 6.82. The molecule has 0 spiro atoms. The molecule has 1 atom stereocenters. The van der Waals surface area contributed by atoms with E-state index in [9.17, 15) is 10.1 Å². The monoisotopic (exact) mass is 272 g/mol. The van der Waals surface area contributed by atoms with Crippen molar-refractivity contribution in [2.24, 2.45) is 5.92 Å². The second-order valence-electron chi connectivity index (χ2n) is 5.39. The zero-order valence-corrected chi connectivity index (χ0v) is 11.3. The lowest BCUT2D eigenvalue weighted by Gasteiger charge is -2.32. The van der Waals surface area contributed by atoms with E-state index in [1.54, 1.807) is 18.3 Å². The van der Waals surface area contributed by atoms with Crippen LogP contribution < -0.4 is 0 Å². The zero-order chi connectivity index (χ0) is 14.1. The molecular weight excluding hydrogens is 256 g/mol. The maximum Gasteiger partial charge on any atom is 0.269 e. The lowest BCUT2D eigenvalue weighted by molar-refractivity contribution is -0.384. The van der Waals surface area contributed by atoms with Crippen molar-refractivity contribution in [2.75, 3.05) is 0 Å². The Labute approximate surface area is 116 Å². The van der Waals surface area contributed by atoms with E-state index in [0.29, 0.717) is 5.92 Å². The van der Waals surface area contributed by atoms with Gasteiger partial charge in [-0.25, -0.2) is 0 Å². The largest absolute Gasteiger partial charge is 0.360 e. The normalized spacial score (nSPS) is 16.6. The molecule has 1 aliphatic carbocycles. The third-order valence-corrected chi connectivity index (χ3v) is 4.13. The van der Waals surface area contributed by atoms with Crippen molar-refractivity contribution in [3.63, 3.8) is 0 Å². The summed E-state index contributed by atoms with van der Waals surface area (Å²) >= 11 is 0. The molecule has 1 heterocycles. The molecule has 1 saturated carbocycles. The summed E-state index contributed by atoms with van der Waals surface area (Å²) in [6.07, 6.45) is 5.18. The first-order chi connectivity index (χ1) is 9.66. The molecule has 2 aromatic rings. The summed E-state index contributed by atoms with van der Waals surface area (Å²) in [4.78, 5) is 10.6. The Morgan fingerprint density at radius 2 is 2.25 bits per heavy atom. The van der Waals surface area contributed by atoms with Crippen molar-refractivity contribution < 1.29 is 9.45 Å². The standard InChI is InChI=1S/C15H16N2O3/c1-10-9-16-20-15(10)14(11-4-2-5-11)12-6-3-7-13(8-12)17(18)19/h3,6-9,11,14H,2,4-5H2,1H3. The minimum absolute atomic E-state index is 0.0751. The fraction of sp³-hybridized carbons (Fsp3) is 0.400. The minimum atomic E-state index is -0.353. The number of nitro benzene ring substituents is 1. The number of hydrogen-bond donors (Lipinski definition) is 0. The smallest absolute Gasteiger partial charge is 0.269 e. The number of nitrogens with zero attached hydrogens (tertiary/aromatic N) is 2. The molecule has 1 unspecified atom stereocenters. The van der Waals surface area contributed by atoms with Crippen molar-refractivity contribution in [1.82, 2.24) is 5.16 Å². The molecule has 5 nitrogen and oxygen atoms in total. The molecule has 104 valence electrons. The topological polar surface area (TPSA) is 69.2 Å². The number of benzene rings is 1. The molecule has 1 aliphatic rings. The highest BCUT2D eigenvalue weighted by Gasteiger charge is 2.33. The highest BCUT2D eigenvalue weighted by molar-refractivity contribution is 5.40. The summed E-state index contributed by atoms with van der Waals surface area (Å²) in [5, 5.41) is 14.8. The molecule has 5 heteroatoms. The Morgan fingerprint density at radius 1 is 1.45 bits per heavy atom. The summed E-state index contributed by atoms with van der Waals surface area (Å²) in [6.45, 7) is 1.97. The van der Waals surface area contributed by atoms with Crippen LogP contribution in [0.15, 0.2) is 35.0 Å². The molecule has 0 amide bonds. The van der Waals surface area contributed by atoms with E-state index in [1.807, 2.05) is 13.0 Å². The SMILES string of the molecule is Cc1cnoc1C(c1cccc([N+](=O)[O-])c1)C1CCC1. The van der Waals surface area contributed by atoms with Crippen LogP contribution in [0.2, 0.25) is 0 Å². The van der Waals surface area contributed by atoms with E-state index < -0.39 is 0 Å². The first-order valence-corrected chi connectivity index (χ1v) is 6.82. The molecule has 1 fully saturated rings. The Balaban J connectivity index is 2.03. The van der Waals surface area contributed by atoms with Gasteiger partial charge < -0.3 is 4.52 Å². The average molecular weight is 272 g/mol. The van der Waals surface area contributed by atoms with Crippen LogP contribution in [-0.4, -0.2) is 10.1 Å². The molecule has 20 heavy (non-hydrogen) atoms. The molecule has 0 aliphatic heterocycles. The lowest BCUT2D eigenvalue weighted by Crippen LogP contribution is -2.21. The van der Waals surface area contributed by atoms with Gasteiger partial charge in [0.05, 0.1) is 11.1 Å². The second kappa shape index (κ2) is 5.07. The van der Waals surface area contributed by atoms with Crippen molar-refractivity contribution in [3.8, 4) is 0 Å². The maximum atomic E-state index is 11.0. The van der Waals surface area contributed by atoms with Gasteiger partial charge in [-0.05, 0) is 31.2 Å². The Bertz CT molecular complexity index is 632. The van der Waals surface area contributed by atoms with Crippen LogP contribution >= 0.6 is 0 Å². The molecule has 0 saturated heterocycles. The van der Waals surface area contributed by atoms with Gasteiger partial charge in [-0.15, -0.1) is 0 Å². The van der Waals surface area contributed by atoms with Gasteiger partial charge in [0.1, 0.15) is 5.76 Å². The van der Waals surface area contributed by atoms with Gasteiger partial charge in [0.15, 0.2) is 0 Å². The van der Waals surface area contributed by atoms with Crippen LogP contribution in [0.4, 0.5) is 5.69 Å². The molecule has 1 aromatic carbocycles. The van der Waals surface area contributed by atoms with Gasteiger partial charge in [-0.3, -0.25) is 10.1 Å². The summed E-state index contributed by atoms with van der Waals surface area (Å²) in [7, 11) is 0. The summed E-state index contributed by atoms with van der Waals surface area (Å²) in [5.74, 6) is 1.41. The van der Waals surface area contributed by atoms with Crippen molar-refractivity contribution in [2.45, 2.75) is 32.1 Å². The predicted molar refractivity (Wildman–Crippen MR) is 73.5 cm³/mol. The number of aryl methyl sites for hydroxylation is 1. The molecule has 0 radical (unpaired) electrons. The van der Waals surface area contributed by atoms with Crippen LogP contribution in [0.25, 0.3) is 0 Å². The van der Waals surface area contributed by atoms with Gasteiger partial charge in [0.2, 0.25) is 0 Å².